The lowest BCUT2D eigenvalue weighted by Crippen LogP contribution is -2.03. The molecule has 0 fully saturated rings. The van der Waals surface area contributed by atoms with Crippen LogP contribution in [0.5, 0.6) is 0 Å². The van der Waals surface area contributed by atoms with Crippen LogP contribution in [0.25, 0.3) is 11.0 Å². The lowest BCUT2D eigenvalue weighted by Gasteiger charge is -2.08. The third-order valence-corrected chi connectivity index (χ3v) is 3.93. The maximum absolute atomic E-state index is 4.55. The van der Waals surface area contributed by atoms with E-state index in [4.69, 9.17) is 0 Å². The zero-order chi connectivity index (χ0) is 13.9. The number of rotatable bonds is 4. The fraction of sp³-hybridized carbons (Fsp3) is 0.214. The van der Waals surface area contributed by atoms with Gasteiger partial charge < -0.3 is 10.3 Å². The van der Waals surface area contributed by atoms with Crippen molar-refractivity contribution in [2.75, 3.05) is 11.9 Å². The van der Waals surface area contributed by atoms with Crippen molar-refractivity contribution >= 4 is 28.6 Å². The third kappa shape index (κ3) is 2.46. The molecule has 5 nitrogen and oxygen atoms in total. The molecule has 102 valence electrons. The molecule has 0 aliphatic carbocycles. The van der Waals surface area contributed by atoms with E-state index in [1.165, 1.54) is 11.8 Å². The van der Waals surface area contributed by atoms with Crippen LogP contribution in [0.3, 0.4) is 0 Å². The normalized spacial score (nSPS) is 10.9. The van der Waals surface area contributed by atoms with Gasteiger partial charge in [0.15, 0.2) is 5.16 Å². The molecule has 0 unspecified atom stereocenters. The second-order valence-corrected chi connectivity index (χ2v) is 5.32. The molecule has 6 heteroatoms. The van der Waals surface area contributed by atoms with Crippen molar-refractivity contribution in [1.29, 1.82) is 0 Å². The molecule has 0 radical (unpaired) electrons. The van der Waals surface area contributed by atoms with Gasteiger partial charge in [-0.1, -0.05) is 12.1 Å². The SMILES string of the molecule is CCNc1ncnc(Sc2nc3ccccc3[nH]2)c1C. The van der Waals surface area contributed by atoms with E-state index in [-0.39, 0.29) is 0 Å². The van der Waals surface area contributed by atoms with Gasteiger partial charge in [0.1, 0.15) is 17.2 Å². The van der Waals surface area contributed by atoms with Crippen molar-refractivity contribution in [1.82, 2.24) is 19.9 Å². The maximum Gasteiger partial charge on any atom is 0.172 e. The van der Waals surface area contributed by atoms with Crippen LogP contribution in [0.2, 0.25) is 0 Å². The van der Waals surface area contributed by atoms with Crippen LogP contribution in [-0.4, -0.2) is 26.5 Å². The van der Waals surface area contributed by atoms with E-state index in [1.807, 2.05) is 38.1 Å². The van der Waals surface area contributed by atoms with Crippen LogP contribution in [0.4, 0.5) is 5.82 Å². The standard InChI is InChI=1S/C14H15N5S/c1-3-15-12-9(2)13(17-8-16-12)20-14-18-10-6-4-5-7-11(10)19-14/h4-8H,3H2,1-2H3,(H,18,19)(H,15,16,17). The van der Waals surface area contributed by atoms with Crippen LogP contribution in [-0.2, 0) is 0 Å². The molecule has 0 aliphatic heterocycles. The van der Waals surface area contributed by atoms with Crippen molar-refractivity contribution in [2.24, 2.45) is 0 Å². The van der Waals surface area contributed by atoms with Crippen LogP contribution in [0, 0.1) is 6.92 Å². The first-order valence-electron chi connectivity index (χ1n) is 6.46. The zero-order valence-electron chi connectivity index (χ0n) is 11.3. The molecule has 3 aromatic rings. The van der Waals surface area contributed by atoms with Crippen LogP contribution in [0.1, 0.15) is 12.5 Å². The molecule has 0 spiro atoms. The number of nitrogens with zero attached hydrogens (tertiary/aromatic N) is 3. The van der Waals surface area contributed by atoms with Gasteiger partial charge in [0.05, 0.1) is 11.0 Å². The van der Waals surface area contributed by atoms with Crippen LogP contribution >= 0.6 is 11.8 Å². The molecule has 0 aliphatic rings. The zero-order valence-corrected chi connectivity index (χ0v) is 12.2. The molecule has 20 heavy (non-hydrogen) atoms. The predicted molar refractivity (Wildman–Crippen MR) is 81.1 cm³/mol. The summed E-state index contributed by atoms with van der Waals surface area (Å²) >= 11 is 1.52. The summed E-state index contributed by atoms with van der Waals surface area (Å²) in [5.74, 6) is 0.876. The number of imidazole rings is 1. The molecule has 0 saturated heterocycles. The average molecular weight is 285 g/mol. The largest absolute Gasteiger partial charge is 0.370 e. The molecule has 2 heterocycles. The summed E-state index contributed by atoms with van der Waals surface area (Å²) in [5, 5.41) is 4.99. The smallest absolute Gasteiger partial charge is 0.172 e. The van der Waals surface area contributed by atoms with E-state index in [1.54, 1.807) is 6.33 Å². The number of para-hydroxylation sites is 2. The number of hydrogen-bond acceptors (Lipinski definition) is 5. The Labute approximate surface area is 121 Å². The van der Waals surface area contributed by atoms with Gasteiger partial charge in [-0.2, -0.15) is 0 Å². The number of benzene rings is 1. The minimum absolute atomic E-state index is 0.840. The van der Waals surface area contributed by atoms with Gasteiger partial charge in [-0.25, -0.2) is 15.0 Å². The van der Waals surface area contributed by atoms with Crippen molar-refractivity contribution < 1.29 is 0 Å². The van der Waals surface area contributed by atoms with Gasteiger partial charge >= 0.3 is 0 Å². The molecule has 0 bridgehead atoms. The lowest BCUT2D eigenvalue weighted by molar-refractivity contribution is 0.979. The lowest BCUT2D eigenvalue weighted by atomic mass is 10.3. The second-order valence-electron chi connectivity index (χ2n) is 4.34. The summed E-state index contributed by atoms with van der Waals surface area (Å²) in [6.07, 6.45) is 1.58. The minimum atomic E-state index is 0.840. The Kier molecular flexibility index (Phi) is 3.56. The summed E-state index contributed by atoms with van der Waals surface area (Å²) in [4.78, 5) is 16.4. The minimum Gasteiger partial charge on any atom is -0.370 e. The molecular weight excluding hydrogens is 270 g/mol. The fourth-order valence-corrected chi connectivity index (χ4v) is 2.79. The maximum atomic E-state index is 4.55. The number of aromatic nitrogens is 4. The summed E-state index contributed by atoms with van der Waals surface area (Å²) in [6, 6.07) is 7.99. The first-order valence-corrected chi connectivity index (χ1v) is 7.27. The number of nitrogens with one attached hydrogen (secondary N) is 2. The number of fused-ring (bicyclic) bond motifs is 1. The van der Waals surface area contributed by atoms with E-state index < -0.39 is 0 Å². The van der Waals surface area contributed by atoms with Gasteiger partial charge in [-0.15, -0.1) is 0 Å². The van der Waals surface area contributed by atoms with Gasteiger partial charge in [0.2, 0.25) is 0 Å². The molecule has 1 aromatic carbocycles. The van der Waals surface area contributed by atoms with Gasteiger partial charge in [0.25, 0.3) is 0 Å². The van der Waals surface area contributed by atoms with E-state index in [0.717, 1.165) is 39.1 Å². The molecule has 0 saturated carbocycles. The van der Waals surface area contributed by atoms with Gasteiger partial charge in [0, 0.05) is 12.1 Å². The highest BCUT2D eigenvalue weighted by molar-refractivity contribution is 7.99. The third-order valence-electron chi connectivity index (χ3n) is 2.94. The molecule has 2 aromatic heterocycles. The highest BCUT2D eigenvalue weighted by Crippen LogP contribution is 2.29. The highest BCUT2D eigenvalue weighted by atomic mass is 32.2. The van der Waals surface area contributed by atoms with E-state index in [9.17, 15) is 0 Å². The molecule has 0 amide bonds. The number of anilines is 1. The van der Waals surface area contributed by atoms with E-state index >= 15 is 0 Å². The number of aromatic amines is 1. The Morgan fingerprint density at radius 1 is 1.25 bits per heavy atom. The summed E-state index contributed by atoms with van der Waals surface area (Å²) in [6.45, 7) is 4.91. The Balaban J connectivity index is 1.92. The van der Waals surface area contributed by atoms with Gasteiger partial charge in [-0.3, -0.25) is 0 Å². The molecule has 0 atom stereocenters. The molecule has 2 N–H and O–H groups in total. The second kappa shape index (κ2) is 5.50. The Hall–Kier alpha value is -2.08. The average Bonchev–Trinajstić information content (AvgIpc) is 2.86. The first kappa shape index (κ1) is 12.9. The van der Waals surface area contributed by atoms with Crippen LogP contribution < -0.4 is 5.32 Å². The van der Waals surface area contributed by atoms with Crippen molar-refractivity contribution in [3.05, 3.63) is 36.2 Å². The Bertz CT molecular complexity index is 704. The summed E-state index contributed by atoms with van der Waals surface area (Å²) < 4.78 is 0. The van der Waals surface area contributed by atoms with Gasteiger partial charge in [-0.05, 0) is 37.7 Å². The quantitative estimate of drug-likeness (QED) is 0.720. The monoisotopic (exact) mass is 285 g/mol. The summed E-state index contributed by atoms with van der Waals surface area (Å²) in [5.41, 5.74) is 3.04. The van der Waals surface area contributed by atoms with E-state index in [2.05, 4.69) is 25.3 Å². The van der Waals surface area contributed by atoms with Crippen molar-refractivity contribution in [2.45, 2.75) is 24.0 Å². The topological polar surface area (TPSA) is 66.5 Å². The predicted octanol–water partition coefficient (Wildman–Crippen LogP) is 3.24. The first-order chi connectivity index (χ1) is 9.78. The Morgan fingerprint density at radius 2 is 2.10 bits per heavy atom. The fourth-order valence-electron chi connectivity index (χ4n) is 1.95. The molecule has 3 rings (SSSR count). The molecular formula is C14H15N5S. The van der Waals surface area contributed by atoms with Crippen molar-refractivity contribution in [3.8, 4) is 0 Å². The summed E-state index contributed by atoms with van der Waals surface area (Å²) in [7, 11) is 0. The Morgan fingerprint density at radius 3 is 2.90 bits per heavy atom. The number of H-pyrrole nitrogens is 1. The van der Waals surface area contributed by atoms with E-state index in [0.29, 0.717) is 0 Å². The number of hydrogen-bond donors (Lipinski definition) is 2. The van der Waals surface area contributed by atoms with Crippen LogP contribution in [0.15, 0.2) is 40.8 Å². The highest BCUT2D eigenvalue weighted by Gasteiger charge is 2.10. The van der Waals surface area contributed by atoms with Crippen molar-refractivity contribution in [3.63, 3.8) is 0 Å².